The summed E-state index contributed by atoms with van der Waals surface area (Å²) in [5.74, 6) is -2.08. The van der Waals surface area contributed by atoms with Crippen molar-refractivity contribution in [1.82, 2.24) is 5.32 Å². The molecule has 2 aliphatic rings. The zero-order valence-electron chi connectivity index (χ0n) is 30.7. The predicted octanol–water partition coefficient (Wildman–Crippen LogP) is 5.78. The van der Waals surface area contributed by atoms with E-state index in [4.69, 9.17) is 33.2 Å². The predicted molar refractivity (Wildman–Crippen MR) is 198 cm³/mol. The van der Waals surface area contributed by atoms with E-state index in [1.807, 2.05) is 48.5 Å². The van der Waals surface area contributed by atoms with Crippen LogP contribution in [0.3, 0.4) is 0 Å². The number of benzene rings is 4. The molecule has 1 fully saturated rings. The van der Waals surface area contributed by atoms with Crippen LogP contribution in [0.4, 0.5) is 21.0 Å². The molecule has 3 atom stereocenters. The first-order valence-corrected chi connectivity index (χ1v) is 17.6. The second-order valence-electron chi connectivity index (χ2n) is 12.8. The van der Waals surface area contributed by atoms with Crippen LogP contribution in [-0.4, -0.2) is 73.8 Å². The summed E-state index contributed by atoms with van der Waals surface area (Å²) in [6.07, 6.45) is -4.87. The first-order valence-electron chi connectivity index (χ1n) is 17.6. The van der Waals surface area contributed by atoms with Gasteiger partial charge in [0, 0.05) is 37.8 Å². The summed E-state index contributed by atoms with van der Waals surface area (Å²) in [6.45, 7) is 0.421. The molecular weight excluding hydrogens is 746 g/mol. The monoisotopic (exact) mass is 783 g/mol. The highest BCUT2D eigenvalue weighted by Gasteiger charge is 2.37. The average Bonchev–Trinajstić information content (AvgIpc) is 3.52. The lowest BCUT2D eigenvalue weighted by atomic mass is 9.98. The number of hydrogen-bond donors (Lipinski definition) is 2. The third-order valence-corrected chi connectivity index (χ3v) is 8.96. The standard InChI is InChI=1S/C40H37N3O14/c1-23(44)54-27-18-35(38(46)51-2)57-37(19-27)56-34-16-11-24(21-53-40(48)55-26-14-12-25(13-15-26)43(49)50)17-33(34)42-36(45)20-41-39(47)52-22-32-30-9-5-3-7-28(30)29-8-4-6-10-31(29)32/h3-17,27,32,35,37H,18-22H2,1-2H3,(H,41,47)(H,42,45)/t27-,35-,37+/m0/s1. The number of nitrogens with zero attached hydrogens (tertiary/aromatic N) is 1. The third-order valence-electron chi connectivity index (χ3n) is 8.96. The van der Waals surface area contributed by atoms with E-state index in [0.29, 0.717) is 5.56 Å². The second-order valence-corrected chi connectivity index (χ2v) is 12.8. The molecule has 2 N–H and O–H groups in total. The molecule has 17 heteroatoms. The lowest BCUT2D eigenvalue weighted by Gasteiger charge is -2.33. The van der Waals surface area contributed by atoms with Crippen molar-refractivity contribution in [3.05, 3.63) is 118 Å². The number of nitro benzene ring substituents is 1. The van der Waals surface area contributed by atoms with Crippen molar-refractivity contribution in [2.24, 2.45) is 0 Å². The fourth-order valence-electron chi connectivity index (χ4n) is 6.44. The molecule has 1 aliphatic carbocycles. The zero-order chi connectivity index (χ0) is 40.5. The molecule has 1 aliphatic heterocycles. The summed E-state index contributed by atoms with van der Waals surface area (Å²) in [7, 11) is 1.18. The van der Waals surface area contributed by atoms with Crippen LogP contribution in [0, 0.1) is 10.1 Å². The molecule has 2 amide bonds. The first kappa shape index (κ1) is 39.7. The van der Waals surface area contributed by atoms with E-state index in [1.165, 1.54) is 44.4 Å². The van der Waals surface area contributed by atoms with Crippen LogP contribution in [0.15, 0.2) is 91.0 Å². The van der Waals surface area contributed by atoms with Crippen molar-refractivity contribution in [3.8, 4) is 22.6 Å². The largest absolute Gasteiger partial charge is 0.514 e. The van der Waals surface area contributed by atoms with Crippen molar-refractivity contribution in [2.75, 3.05) is 25.6 Å². The number of carbonyl (C=O) groups is 5. The molecule has 0 spiro atoms. The SMILES string of the molecule is COC(=O)[C@@H]1C[C@H](OC(C)=O)C[C@H](Oc2ccc(COC(=O)Oc3ccc([N+](=O)[O-])cc3)cc2NC(=O)CNC(=O)OCC2c3ccccc3-c3ccccc32)O1. The number of hydrogen-bond acceptors (Lipinski definition) is 14. The first-order chi connectivity index (χ1) is 27.5. The van der Waals surface area contributed by atoms with Gasteiger partial charge in [-0.05, 0) is 52.1 Å². The Balaban J connectivity index is 1.11. The Morgan fingerprint density at radius 3 is 2.21 bits per heavy atom. The molecule has 0 saturated carbocycles. The summed E-state index contributed by atoms with van der Waals surface area (Å²) >= 11 is 0. The minimum absolute atomic E-state index is 0.0102. The van der Waals surface area contributed by atoms with Gasteiger partial charge in [-0.3, -0.25) is 19.7 Å². The number of rotatable bonds is 13. The Morgan fingerprint density at radius 2 is 1.56 bits per heavy atom. The number of anilines is 1. The van der Waals surface area contributed by atoms with Crippen molar-refractivity contribution in [3.63, 3.8) is 0 Å². The summed E-state index contributed by atoms with van der Waals surface area (Å²) in [6, 6.07) is 24.9. The normalized spacial score (nSPS) is 16.8. The molecule has 4 aromatic rings. The molecule has 0 unspecified atom stereocenters. The van der Waals surface area contributed by atoms with Gasteiger partial charge in [-0.25, -0.2) is 14.4 Å². The second kappa shape index (κ2) is 18.1. The molecule has 296 valence electrons. The van der Waals surface area contributed by atoms with E-state index >= 15 is 0 Å². The number of alkyl carbamates (subject to hydrolysis) is 1. The minimum atomic E-state index is -1.14. The van der Waals surface area contributed by atoms with Crippen LogP contribution in [0.1, 0.15) is 42.4 Å². The molecule has 0 bridgehead atoms. The number of nitro groups is 1. The Hall–Kier alpha value is -7.01. The molecule has 6 rings (SSSR count). The highest BCUT2D eigenvalue weighted by molar-refractivity contribution is 5.95. The van der Waals surface area contributed by atoms with Crippen molar-refractivity contribution in [1.29, 1.82) is 0 Å². The van der Waals surface area contributed by atoms with E-state index in [-0.39, 0.29) is 54.8 Å². The summed E-state index contributed by atoms with van der Waals surface area (Å²) in [4.78, 5) is 72.8. The number of fused-ring (bicyclic) bond motifs is 3. The van der Waals surface area contributed by atoms with E-state index in [1.54, 1.807) is 0 Å². The highest BCUT2D eigenvalue weighted by Crippen LogP contribution is 2.44. The number of carbonyl (C=O) groups excluding carboxylic acids is 5. The summed E-state index contributed by atoms with van der Waals surface area (Å²) in [5, 5.41) is 16.0. The molecular formula is C40H37N3O14. The van der Waals surface area contributed by atoms with Gasteiger partial charge in [-0.2, -0.15) is 0 Å². The van der Waals surface area contributed by atoms with Crippen LogP contribution in [0.2, 0.25) is 0 Å². The van der Waals surface area contributed by atoms with E-state index in [0.717, 1.165) is 34.4 Å². The molecule has 57 heavy (non-hydrogen) atoms. The molecule has 1 saturated heterocycles. The Labute approximate surface area is 325 Å². The van der Waals surface area contributed by atoms with Crippen LogP contribution in [-0.2, 0) is 44.7 Å². The van der Waals surface area contributed by atoms with Gasteiger partial charge in [0.15, 0.2) is 6.10 Å². The maximum Gasteiger partial charge on any atom is 0.514 e. The van der Waals surface area contributed by atoms with Crippen molar-refractivity contribution >= 4 is 41.5 Å². The fraction of sp³-hybridized carbons (Fsp3) is 0.275. The van der Waals surface area contributed by atoms with Crippen LogP contribution >= 0.6 is 0 Å². The van der Waals surface area contributed by atoms with Crippen LogP contribution in [0.5, 0.6) is 11.5 Å². The Bertz CT molecular complexity index is 2110. The van der Waals surface area contributed by atoms with Crippen molar-refractivity contribution in [2.45, 2.75) is 50.8 Å². The number of non-ortho nitro benzene ring substituents is 1. The Kier molecular flexibility index (Phi) is 12.6. The summed E-state index contributed by atoms with van der Waals surface area (Å²) < 4.78 is 37.8. The lowest BCUT2D eigenvalue weighted by Crippen LogP contribution is -2.44. The van der Waals surface area contributed by atoms with Gasteiger partial charge in [0.05, 0.1) is 17.7 Å². The van der Waals surface area contributed by atoms with E-state index in [2.05, 4.69) is 10.6 Å². The molecule has 1 heterocycles. The number of esters is 2. The number of nitrogens with one attached hydrogen (secondary N) is 2. The van der Waals surface area contributed by atoms with Gasteiger partial charge in [0.1, 0.15) is 37.4 Å². The molecule has 0 radical (unpaired) electrons. The maximum absolute atomic E-state index is 13.2. The van der Waals surface area contributed by atoms with Gasteiger partial charge in [0.2, 0.25) is 12.2 Å². The summed E-state index contributed by atoms with van der Waals surface area (Å²) in [5.41, 5.74) is 4.41. The number of ether oxygens (including phenoxy) is 7. The number of methoxy groups -OCH3 is 1. The zero-order valence-corrected chi connectivity index (χ0v) is 30.7. The van der Waals surface area contributed by atoms with Gasteiger partial charge >= 0.3 is 24.2 Å². The number of amides is 2. The lowest BCUT2D eigenvalue weighted by molar-refractivity contribution is -0.384. The van der Waals surface area contributed by atoms with Crippen molar-refractivity contribution < 1.29 is 62.1 Å². The molecule has 17 nitrogen and oxygen atoms in total. The average molecular weight is 784 g/mol. The quantitative estimate of drug-likeness (QED) is 0.0541. The van der Waals surface area contributed by atoms with E-state index in [9.17, 15) is 34.1 Å². The van der Waals surface area contributed by atoms with Gasteiger partial charge < -0.3 is 43.8 Å². The molecule has 0 aromatic heterocycles. The molecule has 4 aromatic carbocycles. The van der Waals surface area contributed by atoms with Crippen LogP contribution < -0.4 is 20.1 Å². The topological polar surface area (TPSA) is 217 Å². The maximum atomic E-state index is 13.2. The highest BCUT2D eigenvalue weighted by atomic mass is 16.7. The fourth-order valence-corrected chi connectivity index (χ4v) is 6.44. The van der Waals surface area contributed by atoms with Gasteiger partial charge in [0.25, 0.3) is 5.69 Å². The minimum Gasteiger partial charge on any atom is -0.467 e. The van der Waals surface area contributed by atoms with Crippen LogP contribution in [0.25, 0.3) is 11.1 Å². The van der Waals surface area contributed by atoms with Gasteiger partial charge in [-0.1, -0.05) is 54.6 Å². The smallest absolute Gasteiger partial charge is 0.467 e. The van der Waals surface area contributed by atoms with Gasteiger partial charge in [-0.15, -0.1) is 0 Å². The van der Waals surface area contributed by atoms with E-state index < -0.39 is 60.1 Å². The Morgan fingerprint density at radius 1 is 0.877 bits per heavy atom. The third kappa shape index (κ3) is 10.2.